The molecule has 0 aliphatic rings. The second-order valence-electron chi connectivity index (χ2n) is 11.4. The van der Waals surface area contributed by atoms with Gasteiger partial charge in [-0.05, 0) is 92.9 Å². The number of methoxy groups -OCH3 is 1. The number of fused-ring (bicyclic) bond motifs is 1. The molecule has 6 rings (SSSR count). The van der Waals surface area contributed by atoms with Crippen molar-refractivity contribution in [3.63, 3.8) is 0 Å². The van der Waals surface area contributed by atoms with Gasteiger partial charge < -0.3 is 14.2 Å². The first-order valence-electron chi connectivity index (χ1n) is 15.7. The molecule has 10 heteroatoms. The smallest absolute Gasteiger partial charge is 0.291 e. The summed E-state index contributed by atoms with van der Waals surface area (Å²) in [7, 11) is 1.63. The number of hydrogen-bond donors (Lipinski definition) is 0. The molecule has 3 heterocycles. The maximum absolute atomic E-state index is 13.5. The van der Waals surface area contributed by atoms with E-state index in [1.165, 1.54) is 15.9 Å². The van der Waals surface area contributed by atoms with Gasteiger partial charge in [-0.15, -0.1) is 5.10 Å². The van der Waals surface area contributed by atoms with E-state index in [4.69, 9.17) is 19.3 Å². The zero-order valence-corrected chi connectivity index (χ0v) is 28.0. The Morgan fingerprint density at radius 3 is 2.49 bits per heavy atom. The SMILES string of the molecule is CCCCOc1ccc(/C=C/c2nc3s/c(=C\c4cn(-c5ccccc5)nc4-c4ccc(OC(C)C)c(C)c4)c(=O)n3n2)cc1OC. The van der Waals surface area contributed by atoms with Crippen LogP contribution in [0.2, 0.25) is 0 Å². The minimum Gasteiger partial charge on any atom is -0.493 e. The molecule has 0 radical (unpaired) electrons. The fourth-order valence-corrected chi connectivity index (χ4v) is 5.98. The summed E-state index contributed by atoms with van der Waals surface area (Å²) < 4.78 is 21.0. The highest BCUT2D eigenvalue weighted by atomic mass is 32.1. The normalized spacial score (nSPS) is 12.1. The first kappa shape index (κ1) is 31.7. The number of thiazole rings is 1. The summed E-state index contributed by atoms with van der Waals surface area (Å²) in [4.78, 5) is 18.6. The van der Waals surface area contributed by atoms with E-state index in [0.717, 1.165) is 52.2 Å². The van der Waals surface area contributed by atoms with Crippen LogP contribution in [0.4, 0.5) is 0 Å². The van der Waals surface area contributed by atoms with Crippen LogP contribution >= 0.6 is 11.3 Å². The number of hydrogen-bond acceptors (Lipinski definition) is 8. The maximum Gasteiger partial charge on any atom is 0.291 e. The van der Waals surface area contributed by atoms with E-state index >= 15 is 0 Å². The maximum atomic E-state index is 13.5. The molecule has 0 amide bonds. The van der Waals surface area contributed by atoms with Crippen LogP contribution in [0.15, 0.2) is 77.7 Å². The Kier molecular flexibility index (Phi) is 9.49. The van der Waals surface area contributed by atoms with Crippen molar-refractivity contribution in [2.45, 2.75) is 46.6 Å². The highest BCUT2D eigenvalue weighted by molar-refractivity contribution is 7.15. The number of rotatable bonds is 12. The number of para-hydroxylation sites is 1. The van der Waals surface area contributed by atoms with E-state index in [-0.39, 0.29) is 11.7 Å². The Hall–Kier alpha value is -5.22. The molecule has 0 unspecified atom stereocenters. The van der Waals surface area contributed by atoms with Gasteiger partial charge in [-0.3, -0.25) is 4.79 Å². The van der Waals surface area contributed by atoms with Crippen LogP contribution in [0.3, 0.4) is 0 Å². The highest BCUT2D eigenvalue weighted by Crippen LogP contribution is 2.30. The van der Waals surface area contributed by atoms with Crippen molar-refractivity contribution in [1.82, 2.24) is 24.4 Å². The third-order valence-electron chi connectivity index (χ3n) is 7.43. The summed E-state index contributed by atoms with van der Waals surface area (Å²) in [6, 6.07) is 21.7. The van der Waals surface area contributed by atoms with Crippen molar-refractivity contribution in [2.75, 3.05) is 13.7 Å². The van der Waals surface area contributed by atoms with Gasteiger partial charge in [0.25, 0.3) is 5.56 Å². The minimum absolute atomic E-state index is 0.0730. The van der Waals surface area contributed by atoms with Crippen molar-refractivity contribution in [1.29, 1.82) is 0 Å². The number of unbranched alkanes of at least 4 members (excludes halogenated alkanes) is 1. The van der Waals surface area contributed by atoms with Gasteiger partial charge in [-0.2, -0.15) is 14.6 Å². The Bertz CT molecular complexity index is 2150. The largest absolute Gasteiger partial charge is 0.493 e. The summed E-state index contributed by atoms with van der Waals surface area (Å²) >= 11 is 1.29. The van der Waals surface area contributed by atoms with Gasteiger partial charge in [0.1, 0.15) is 11.4 Å². The Morgan fingerprint density at radius 1 is 0.957 bits per heavy atom. The monoisotopic (exact) mass is 647 g/mol. The molecule has 0 aliphatic carbocycles. The standard InChI is InChI=1S/C37H37N5O4S/c1-6-7-19-45-31-16-13-26(21-32(31)44-5)14-18-34-38-37-42(39-34)36(43)33(47-37)22-28-23-41(29-11-9-8-10-12-29)40-35(28)27-15-17-30(25(4)20-27)46-24(2)3/h8-18,20-24H,6-7,19H2,1-5H3/b18-14+,33-22-. The van der Waals surface area contributed by atoms with Crippen molar-refractivity contribution >= 4 is 34.5 Å². The average molecular weight is 648 g/mol. The van der Waals surface area contributed by atoms with Crippen molar-refractivity contribution in [2.24, 2.45) is 0 Å². The first-order valence-corrected chi connectivity index (χ1v) is 16.5. The van der Waals surface area contributed by atoms with Crippen LogP contribution in [-0.4, -0.2) is 44.2 Å². The molecule has 0 atom stereocenters. The lowest BCUT2D eigenvalue weighted by Gasteiger charge is -2.13. The van der Waals surface area contributed by atoms with Gasteiger partial charge in [-0.1, -0.05) is 55.0 Å². The molecule has 0 N–H and O–H groups in total. The summed E-state index contributed by atoms with van der Waals surface area (Å²) in [5, 5.41) is 9.42. The molecular formula is C37H37N5O4S. The number of aryl methyl sites for hydroxylation is 1. The second kappa shape index (κ2) is 14.0. The predicted molar refractivity (Wildman–Crippen MR) is 188 cm³/mol. The third kappa shape index (κ3) is 7.12. The van der Waals surface area contributed by atoms with Crippen molar-refractivity contribution in [3.8, 4) is 34.2 Å². The van der Waals surface area contributed by atoms with Crippen molar-refractivity contribution in [3.05, 3.63) is 110 Å². The zero-order chi connectivity index (χ0) is 32.9. The lowest BCUT2D eigenvalue weighted by atomic mass is 10.0. The van der Waals surface area contributed by atoms with Gasteiger partial charge in [0.15, 0.2) is 17.3 Å². The van der Waals surface area contributed by atoms with Crippen LogP contribution in [0.5, 0.6) is 17.2 Å². The molecule has 47 heavy (non-hydrogen) atoms. The van der Waals surface area contributed by atoms with E-state index < -0.39 is 0 Å². The summed E-state index contributed by atoms with van der Waals surface area (Å²) in [5.74, 6) is 2.65. The van der Waals surface area contributed by atoms with Gasteiger partial charge in [-0.25, -0.2) is 4.68 Å². The van der Waals surface area contributed by atoms with Crippen LogP contribution in [0.25, 0.3) is 40.1 Å². The minimum atomic E-state index is -0.234. The van der Waals surface area contributed by atoms with Gasteiger partial charge in [0, 0.05) is 17.3 Å². The average Bonchev–Trinajstić information content (AvgIpc) is 3.76. The van der Waals surface area contributed by atoms with E-state index in [1.807, 2.05) is 104 Å². The summed E-state index contributed by atoms with van der Waals surface area (Å²) in [6.07, 6.45) is 9.59. The molecule has 3 aromatic heterocycles. The fraction of sp³-hybridized carbons (Fsp3) is 0.243. The molecule has 0 fully saturated rings. The quantitative estimate of drug-likeness (QED) is 0.132. The van der Waals surface area contributed by atoms with Crippen LogP contribution in [0, 0.1) is 6.92 Å². The number of benzene rings is 3. The van der Waals surface area contributed by atoms with Crippen LogP contribution in [0.1, 0.15) is 56.1 Å². The zero-order valence-electron chi connectivity index (χ0n) is 27.1. The molecule has 0 saturated carbocycles. The van der Waals surface area contributed by atoms with E-state index in [0.29, 0.717) is 33.4 Å². The van der Waals surface area contributed by atoms with Crippen LogP contribution < -0.4 is 24.3 Å². The Labute approximate surface area is 277 Å². The Balaban J connectivity index is 1.32. The number of aromatic nitrogens is 5. The van der Waals surface area contributed by atoms with E-state index in [9.17, 15) is 4.79 Å². The first-order chi connectivity index (χ1) is 22.8. The Morgan fingerprint density at radius 2 is 1.77 bits per heavy atom. The molecule has 3 aromatic carbocycles. The molecule has 0 aliphatic heterocycles. The number of ether oxygens (including phenoxy) is 3. The summed E-state index contributed by atoms with van der Waals surface area (Å²) in [5.41, 5.74) is 5.09. The third-order valence-corrected chi connectivity index (χ3v) is 8.39. The number of nitrogens with zero attached hydrogens (tertiary/aromatic N) is 5. The molecule has 9 nitrogen and oxygen atoms in total. The molecule has 0 saturated heterocycles. The molecule has 0 bridgehead atoms. The van der Waals surface area contributed by atoms with Crippen molar-refractivity contribution < 1.29 is 14.2 Å². The topological polar surface area (TPSA) is 92.8 Å². The molecule has 240 valence electrons. The van der Waals surface area contributed by atoms with Gasteiger partial charge >= 0.3 is 0 Å². The van der Waals surface area contributed by atoms with Gasteiger partial charge in [0.2, 0.25) is 4.96 Å². The van der Waals surface area contributed by atoms with E-state index in [2.05, 4.69) is 23.1 Å². The molecule has 0 spiro atoms. The van der Waals surface area contributed by atoms with Gasteiger partial charge in [0.05, 0.1) is 30.0 Å². The van der Waals surface area contributed by atoms with Crippen LogP contribution in [-0.2, 0) is 0 Å². The lowest BCUT2D eigenvalue weighted by Crippen LogP contribution is -2.23. The lowest BCUT2D eigenvalue weighted by molar-refractivity contribution is 0.241. The molecular weight excluding hydrogens is 611 g/mol. The fourth-order valence-electron chi connectivity index (χ4n) is 5.08. The highest BCUT2D eigenvalue weighted by Gasteiger charge is 2.15. The summed E-state index contributed by atoms with van der Waals surface area (Å²) in [6.45, 7) is 8.81. The van der Waals surface area contributed by atoms with E-state index in [1.54, 1.807) is 13.2 Å². The molecule has 6 aromatic rings. The predicted octanol–water partition coefficient (Wildman–Crippen LogP) is 7.00. The second-order valence-corrected chi connectivity index (χ2v) is 12.4.